The lowest BCUT2D eigenvalue weighted by molar-refractivity contribution is -0.138. The highest BCUT2D eigenvalue weighted by atomic mass is 16.4. The Morgan fingerprint density at radius 1 is 0.889 bits per heavy atom. The normalized spacial score (nSPS) is 14.0. The number of benzene rings is 2. The molecule has 0 aliphatic heterocycles. The molecule has 3 heteroatoms. The summed E-state index contributed by atoms with van der Waals surface area (Å²) in [5.74, 6) is -0.218. The predicted molar refractivity (Wildman–Crippen MR) is 112 cm³/mol. The van der Waals surface area contributed by atoms with E-state index in [-0.39, 0.29) is 6.10 Å². The summed E-state index contributed by atoms with van der Waals surface area (Å²) in [6.07, 6.45) is 1.74. The summed E-state index contributed by atoms with van der Waals surface area (Å²) < 4.78 is 0. The first kappa shape index (κ1) is 22.9. The number of carbonyl (C=O) groups is 1. The van der Waals surface area contributed by atoms with Gasteiger partial charge in [-0.1, -0.05) is 88.7 Å². The highest BCUT2D eigenvalue weighted by Gasteiger charge is 2.13. The summed E-state index contributed by atoms with van der Waals surface area (Å²) in [4.78, 5) is 10.8. The second-order valence-electron chi connectivity index (χ2n) is 7.64. The molecule has 3 atom stereocenters. The summed E-state index contributed by atoms with van der Waals surface area (Å²) in [5.41, 5.74) is 3.16. The van der Waals surface area contributed by atoms with Gasteiger partial charge >= 0.3 is 5.97 Å². The largest absolute Gasteiger partial charge is 0.481 e. The molecule has 148 valence electrons. The van der Waals surface area contributed by atoms with E-state index in [1.54, 1.807) is 6.92 Å². The molecule has 3 nitrogen and oxygen atoms in total. The van der Waals surface area contributed by atoms with Gasteiger partial charge in [-0.05, 0) is 41.9 Å². The summed E-state index contributed by atoms with van der Waals surface area (Å²) in [6, 6.07) is 17.7. The first-order valence-electron chi connectivity index (χ1n) is 9.80. The molecule has 0 aromatic heterocycles. The number of hydrogen-bond acceptors (Lipinski definition) is 2. The number of aliphatic hydroxyl groups is 1. The molecule has 0 amide bonds. The minimum atomic E-state index is -0.772. The molecule has 0 aliphatic carbocycles. The first-order valence-corrected chi connectivity index (χ1v) is 9.80. The van der Waals surface area contributed by atoms with Gasteiger partial charge in [0.05, 0.1) is 12.0 Å². The monoisotopic (exact) mass is 370 g/mol. The van der Waals surface area contributed by atoms with Gasteiger partial charge in [-0.3, -0.25) is 4.79 Å². The number of carboxylic acids is 1. The second-order valence-corrected chi connectivity index (χ2v) is 7.64. The smallest absolute Gasteiger partial charge is 0.310 e. The summed E-state index contributed by atoms with van der Waals surface area (Å²) in [7, 11) is 0. The highest BCUT2D eigenvalue weighted by molar-refractivity contribution is 5.75. The van der Waals surface area contributed by atoms with Gasteiger partial charge < -0.3 is 10.2 Å². The standard InChI is InChI=1S/C13H18O2.C11H16O/c1-9(2)8-11-4-6-12(7-5-11)10(3)13(14)15;1-3-9(2)11(12)10-7-5-4-6-8-10/h4-7,9-10H,8H2,1-3H3,(H,14,15);4-9,11-12H,3H2,1-2H3/t;9-,11+/m.1/s1. The molecule has 0 radical (unpaired) electrons. The van der Waals surface area contributed by atoms with Gasteiger partial charge in [0.15, 0.2) is 0 Å². The number of rotatable bonds is 7. The second kappa shape index (κ2) is 11.6. The molecule has 0 saturated carbocycles. The molecule has 0 fully saturated rings. The van der Waals surface area contributed by atoms with Crippen LogP contribution in [0.1, 0.15) is 69.8 Å². The minimum Gasteiger partial charge on any atom is -0.481 e. The van der Waals surface area contributed by atoms with Crippen LogP contribution in [0.4, 0.5) is 0 Å². The summed E-state index contributed by atoms with van der Waals surface area (Å²) in [5, 5.41) is 18.6. The van der Waals surface area contributed by atoms with Gasteiger partial charge in [0, 0.05) is 0 Å². The number of aliphatic hydroxyl groups excluding tert-OH is 1. The Kier molecular flexibility index (Phi) is 9.81. The Morgan fingerprint density at radius 3 is 1.89 bits per heavy atom. The maximum absolute atomic E-state index is 10.8. The van der Waals surface area contributed by atoms with Crippen LogP contribution in [0, 0.1) is 11.8 Å². The number of aliphatic carboxylic acids is 1. The maximum Gasteiger partial charge on any atom is 0.310 e. The van der Waals surface area contributed by atoms with Crippen molar-refractivity contribution in [3.8, 4) is 0 Å². The van der Waals surface area contributed by atoms with E-state index in [1.165, 1.54) is 5.56 Å². The van der Waals surface area contributed by atoms with E-state index in [1.807, 2.05) is 54.6 Å². The molecule has 0 spiro atoms. The van der Waals surface area contributed by atoms with Crippen molar-refractivity contribution >= 4 is 5.97 Å². The van der Waals surface area contributed by atoms with Gasteiger partial charge in [-0.2, -0.15) is 0 Å². The van der Waals surface area contributed by atoms with Crippen LogP contribution >= 0.6 is 0 Å². The first-order chi connectivity index (χ1) is 12.8. The lowest BCUT2D eigenvalue weighted by Gasteiger charge is -2.16. The molecule has 27 heavy (non-hydrogen) atoms. The van der Waals surface area contributed by atoms with Crippen molar-refractivity contribution in [2.75, 3.05) is 0 Å². The maximum atomic E-state index is 10.8. The molecule has 2 aromatic carbocycles. The van der Waals surface area contributed by atoms with Crippen LogP contribution in [0.2, 0.25) is 0 Å². The topological polar surface area (TPSA) is 57.5 Å². The lowest BCUT2D eigenvalue weighted by Crippen LogP contribution is -2.07. The molecular formula is C24H34O3. The lowest BCUT2D eigenvalue weighted by atomic mass is 9.95. The fraction of sp³-hybridized carbons (Fsp3) is 0.458. The fourth-order valence-corrected chi connectivity index (χ4v) is 2.76. The Hall–Kier alpha value is -2.13. The molecule has 0 heterocycles. The predicted octanol–water partition coefficient (Wildman–Crippen LogP) is 5.84. The molecular weight excluding hydrogens is 336 g/mol. The molecule has 1 unspecified atom stereocenters. The van der Waals surface area contributed by atoms with Crippen molar-refractivity contribution in [3.05, 3.63) is 71.3 Å². The quantitative estimate of drug-likeness (QED) is 0.644. The molecule has 2 rings (SSSR count). The fourth-order valence-electron chi connectivity index (χ4n) is 2.76. The molecule has 0 saturated heterocycles. The van der Waals surface area contributed by atoms with Gasteiger partial charge in [-0.25, -0.2) is 0 Å². The molecule has 2 N–H and O–H groups in total. The van der Waals surface area contributed by atoms with E-state index in [9.17, 15) is 9.90 Å². The Morgan fingerprint density at radius 2 is 1.44 bits per heavy atom. The van der Waals surface area contributed by atoms with Crippen molar-refractivity contribution < 1.29 is 15.0 Å². The average molecular weight is 371 g/mol. The van der Waals surface area contributed by atoms with Crippen molar-refractivity contribution in [2.45, 2.75) is 59.5 Å². The van der Waals surface area contributed by atoms with Crippen LogP contribution < -0.4 is 0 Å². The molecule has 0 bridgehead atoms. The third-order valence-corrected chi connectivity index (χ3v) is 4.82. The SMILES string of the molecule is CC(C)Cc1ccc(C(C)C(=O)O)cc1.CC[C@@H](C)[C@H](O)c1ccccc1. The van der Waals surface area contributed by atoms with Crippen molar-refractivity contribution in [1.82, 2.24) is 0 Å². The Bertz CT molecular complexity index is 662. The van der Waals surface area contributed by atoms with Crippen LogP contribution in [0.5, 0.6) is 0 Å². The van der Waals surface area contributed by atoms with E-state index in [0.717, 1.165) is 24.0 Å². The Labute approximate surface area is 164 Å². The van der Waals surface area contributed by atoms with Crippen molar-refractivity contribution in [3.63, 3.8) is 0 Å². The zero-order valence-electron chi connectivity index (χ0n) is 17.2. The number of carboxylic acid groups (broad SMARTS) is 1. The molecule has 0 aliphatic rings. The van der Waals surface area contributed by atoms with Gasteiger partial charge in [0.1, 0.15) is 0 Å². The van der Waals surface area contributed by atoms with Gasteiger partial charge in [-0.15, -0.1) is 0 Å². The Balaban J connectivity index is 0.000000277. The van der Waals surface area contributed by atoms with E-state index in [4.69, 9.17) is 5.11 Å². The van der Waals surface area contributed by atoms with Crippen LogP contribution in [0.15, 0.2) is 54.6 Å². The van der Waals surface area contributed by atoms with Crippen LogP contribution in [-0.4, -0.2) is 16.2 Å². The zero-order chi connectivity index (χ0) is 20.4. The van der Waals surface area contributed by atoms with Crippen LogP contribution in [0.3, 0.4) is 0 Å². The average Bonchev–Trinajstić information content (AvgIpc) is 2.67. The van der Waals surface area contributed by atoms with Crippen LogP contribution in [0.25, 0.3) is 0 Å². The summed E-state index contributed by atoms with van der Waals surface area (Å²) >= 11 is 0. The van der Waals surface area contributed by atoms with Crippen LogP contribution in [-0.2, 0) is 11.2 Å². The van der Waals surface area contributed by atoms with Crippen molar-refractivity contribution in [1.29, 1.82) is 0 Å². The minimum absolute atomic E-state index is 0.309. The van der Waals surface area contributed by atoms with E-state index in [0.29, 0.717) is 11.8 Å². The van der Waals surface area contributed by atoms with Crippen molar-refractivity contribution in [2.24, 2.45) is 11.8 Å². The van der Waals surface area contributed by atoms with Gasteiger partial charge in [0.25, 0.3) is 0 Å². The third kappa shape index (κ3) is 7.96. The highest BCUT2D eigenvalue weighted by Crippen LogP contribution is 2.23. The molecule has 2 aromatic rings. The third-order valence-electron chi connectivity index (χ3n) is 4.82. The zero-order valence-corrected chi connectivity index (χ0v) is 17.2. The van der Waals surface area contributed by atoms with Gasteiger partial charge in [0.2, 0.25) is 0 Å². The number of hydrogen-bond donors (Lipinski definition) is 2. The van der Waals surface area contributed by atoms with E-state index >= 15 is 0 Å². The van der Waals surface area contributed by atoms with E-state index in [2.05, 4.69) is 27.7 Å². The van der Waals surface area contributed by atoms with E-state index < -0.39 is 11.9 Å². The summed E-state index contributed by atoms with van der Waals surface area (Å²) in [6.45, 7) is 10.2.